The summed E-state index contributed by atoms with van der Waals surface area (Å²) < 4.78 is 5.95. The van der Waals surface area contributed by atoms with Crippen LogP contribution in [0.3, 0.4) is 0 Å². The summed E-state index contributed by atoms with van der Waals surface area (Å²) in [6, 6.07) is -2.95. The van der Waals surface area contributed by atoms with Gasteiger partial charge in [0.25, 0.3) is 0 Å². The Kier molecular flexibility index (Phi) is 20.9. The number of aromatic hydroxyl groups is 1. The Bertz CT molecular complexity index is 1890. The molecule has 0 aromatic heterocycles. The normalized spacial score (nSPS) is 25.7. The van der Waals surface area contributed by atoms with Crippen LogP contribution in [0.15, 0.2) is 24.3 Å². The summed E-state index contributed by atoms with van der Waals surface area (Å²) in [6.07, 6.45) is 0.0414. The van der Waals surface area contributed by atoms with Crippen molar-refractivity contribution in [3.63, 3.8) is 0 Å². The van der Waals surface area contributed by atoms with Crippen molar-refractivity contribution >= 4 is 53.2 Å². The quantitative estimate of drug-likeness (QED) is 0.117. The van der Waals surface area contributed by atoms with E-state index in [1.54, 1.807) is 46.8 Å². The predicted molar refractivity (Wildman–Crippen MR) is 245 cm³/mol. The number of nitrogens with two attached hydrogens (primary N) is 1. The molecule has 2 aliphatic heterocycles. The molecule has 1 aromatic carbocycles. The lowest BCUT2D eigenvalue weighted by molar-refractivity contribution is -0.158. The monoisotopic (exact) mass is 927 g/mol. The second-order valence-corrected chi connectivity index (χ2v) is 18.5. The van der Waals surface area contributed by atoms with Gasteiger partial charge in [0.2, 0.25) is 47.3 Å². The molecule has 11 atom stereocenters. The number of primary amides is 1. The molecule has 66 heavy (non-hydrogen) atoms. The highest BCUT2D eigenvalue weighted by molar-refractivity contribution is 5.98. The summed E-state index contributed by atoms with van der Waals surface area (Å²) in [7, 11) is 1.43. The van der Waals surface area contributed by atoms with Gasteiger partial charge in [0.05, 0.1) is 0 Å². The van der Waals surface area contributed by atoms with Crippen molar-refractivity contribution in [2.24, 2.45) is 29.4 Å². The zero-order chi connectivity index (χ0) is 49.6. The number of amides is 8. The second-order valence-electron chi connectivity index (χ2n) is 18.5. The van der Waals surface area contributed by atoms with Gasteiger partial charge in [-0.15, -0.1) is 0 Å². The number of hydrogen-bond donors (Lipinski definition) is 7. The number of nitrogens with zero attached hydrogens (tertiary/aromatic N) is 2. The van der Waals surface area contributed by atoms with Crippen LogP contribution in [-0.4, -0.2) is 130 Å². The number of fused-ring (bicyclic) bond motifs is 1. The van der Waals surface area contributed by atoms with E-state index in [1.165, 1.54) is 35.9 Å². The number of cyclic esters (lactones) is 1. The molecule has 2 saturated heterocycles. The minimum Gasteiger partial charge on any atom is -0.508 e. The van der Waals surface area contributed by atoms with Crippen LogP contribution in [0, 0.1) is 23.7 Å². The molecule has 19 nitrogen and oxygen atoms in total. The highest BCUT2D eigenvalue weighted by Crippen LogP contribution is 2.24. The number of ether oxygens (including phenoxy) is 1. The zero-order valence-electron chi connectivity index (χ0n) is 40.3. The molecule has 0 radical (unpaired) electrons. The third-order valence-electron chi connectivity index (χ3n) is 12.9. The van der Waals surface area contributed by atoms with Gasteiger partial charge >= 0.3 is 5.97 Å². The molecule has 3 rings (SSSR count). The SMILES string of the molecule is CCC(C)C(=O)N[C@@H](CCC(N)=O)C(=O)N[C@@H]1C(=O)N[C@@H](CC(C)C)C(=O)N2CCC[C@H]2C(=O)N[C@@H](C(C)CC)C(=O)N(C)[C@@H](Cc2ccc(O)cc2)C(=O)N[C@@H](C(C)CC)C(=O)O[C@@H]1C. The number of likely N-dealkylation sites (N-methyl/N-ethyl adjacent to an activating group) is 1. The Morgan fingerprint density at radius 1 is 0.833 bits per heavy atom. The first-order chi connectivity index (χ1) is 31.0. The van der Waals surface area contributed by atoms with Crippen LogP contribution in [0.2, 0.25) is 0 Å². The number of rotatable bonds is 16. The van der Waals surface area contributed by atoms with Crippen LogP contribution in [0.4, 0.5) is 0 Å². The van der Waals surface area contributed by atoms with E-state index >= 15 is 0 Å². The Hall–Kier alpha value is -5.75. The van der Waals surface area contributed by atoms with Crippen molar-refractivity contribution < 1.29 is 53.0 Å². The second kappa shape index (κ2) is 25.2. The molecule has 368 valence electrons. The molecule has 8 N–H and O–H groups in total. The van der Waals surface area contributed by atoms with Crippen LogP contribution in [0.25, 0.3) is 0 Å². The highest BCUT2D eigenvalue weighted by atomic mass is 16.5. The van der Waals surface area contributed by atoms with Gasteiger partial charge in [0.15, 0.2) is 0 Å². The molecule has 2 fully saturated rings. The number of nitrogens with one attached hydrogen (secondary N) is 5. The maximum Gasteiger partial charge on any atom is 0.329 e. The minimum atomic E-state index is -1.70. The van der Waals surface area contributed by atoms with Crippen LogP contribution in [0.1, 0.15) is 119 Å². The Morgan fingerprint density at radius 3 is 2.02 bits per heavy atom. The number of carbonyl (C=O) groups excluding carboxylic acids is 9. The number of hydrogen-bond acceptors (Lipinski definition) is 11. The van der Waals surface area contributed by atoms with E-state index < -0.39 is 119 Å². The lowest BCUT2D eigenvalue weighted by Gasteiger charge is -2.35. The van der Waals surface area contributed by atoms with Gasteiger partial charge in [0.1, 0.15) is 54.1 Å². The molecule has 2 heterocycles. The largest absolute Gasteiger partial charge is 0.508 e. The molecular formula is C47H74N8O11. The molecule has 1 aromatic rings. The third-order valence-corrected chi connectivity index (χ3v) is 12.9. The lowest BCUT2D eigenvalue weighted by atomic mass is 9.95. The number of esters is 1. The van der Waals surface area contributed by atoms with Crippen LogP contribution >= 0.6 is 0 Å². The maximum atomic E-state index is 14.6. The first-order valence-electron chi connectivity index (χ1n) is 23.4. The first-order valence-corrected chi connectivity index (χ1v) is 23.4. The van der Waals surface area contributed by atoms with E-state index in [9.17, 15) is 48.3 Å². The molecule has 2 aliphatic rings. The van der Waals surface area contributed by atoms with Crippen molar-refractivity contribution in [1.29, 1.82) is 0 Å². The summed E-state index contributed by atoms with van der Waals surface area (Å²) >= 11 is 0. The minimum absolute atomic E-state index is 0.0171. The highest BCUT2D eigenvalue weighted by Gasteiger charge is 2.44. The average Bonchev–Trinajstić information content (AvgIpc) is 3.78. The molecule has 19 heteroatoms. The number of carbonyl (C=O) groups is 9. The Morgan fingerprint density at radius 2 is 1.44 bits per heavy atom. The average molecular weight is 927 g/mol. The van der Waals surface area contributed by atoms with E-state index in [0.29, 0.717) is 31.2 Å². The molecular weight excluding hydrogens is 853 g/mol. The van der Waals surface area contributed by atoms with Crippen LogP contribution in [-0.2, 0) is 54.3 Å². The van der Waals surface area contributed by atoms with Crippen molar-refractivity contribution in [3.05, 3.63) is 29.8 Å². The molecule has 0 spiro atoms. The number of phenolic OH excluding ortho intramolecular Hbond substituents is 1. The van der Waals surface area contributed by atoms with Gasteiger partial charge in [-0.3, -0.25) is 38.4 Å². The van der Waals surface area contributed by atoms with Gasteiger partial charge < -0.3 is 52.0 Å². The van der Waals surface area contributed by atoms with E-state index in [2.05, 4.69) is 26.6 Å². The summed E-state index contributed by atoms with van der Waals surface area (Å²) in [5, 5.41) is 23.7. The standard InChI is InChI=1S/C47H74N8O11/c1-11-26(6)37-46(64)54(10)35(24-30-16-18-31(56)19-17-30)43(61)52-38(27(7)12-2)47(65)66-29(9)39(53-41(59)32(20-21-36(48)57)49-40(58)28(8)13-3)44(62)50-33(23-25(4)5)45(63)55-22-14-15-34(55)42(60)51-37/h16-19,25-29,32-35,37-39,56H,11-15,20-24H2,1-10H3,(H2,48,57)(H,49,58)(H,50,62)(H,51,60)(H,52,61)(H,53,59)/t26?,27?,28?,29-,32+,33+,34+,35+,37+,38+,39+/m1/s1. The predicted octanol–water partition coefficient (Wildman–Crippen LogP) is 1.57. The smallest absolute Gasteiger partial charge is 0.329 e. The topological polar surface area (TPSA) is 276 Å². The van der Waals surface area contributed by atoms with Gasteiger partial charge in [-0.1, -0.05) is 80.4 Å². The van der Waals surface area contributed by atoms with Crippen molar-refractivity contribution in [1.82, 2.24) is 36.4 Å². The molecule has 0 saturated carbocycles. The van der Waals surface area contributed by atoms with Crippen LogP contribution < -0.4 is 32.3 Å². The fourth-order valence-corrected chi connectivity index (χ4v) is 7.97. The van der Waals surface area contributed by atoms with E-state index in [4.69, 9.17) is 10.5 Å². The summed E-state index contributed by atoms with van der Waals surface area (Å²) in [5.41, 5.74) is 5.98. The van der Waals surface area contributed by atoms with Crippen molar-refractivity contribution in [3.8, 4) is 5.75 Å². The Labute approximate surface area is 388 Å². The first kappa shape index (κ1) is 54.6. The maximum absolute atomic E-state index is 14.6. The fraction of sp³-hybridized carbons (Fsp3) is 0.681. The number of phenols is 1. The van der Waals surface area contributed by atoms with Crippen molar-refractivity contribution in [2.75, 3.05) is 13.6 Å². The number of benzene rings is 1. The zero-order valence-corrected chi connectivity index (χ0v) is 40.3. The Balaban J connectivity index is 2.24. The van der Waals surface area contributed by atoms with Gasteiger partial charge in [0, 0.05) is 32.4 Å². The van der Waals surface area contributed by atoms with Gasteiger partial charge in [-0.2, -0.15) is 0 Å². The van der Waals surface area contributed by atoms with Crippen LogP contribution in [0.5, 0.6) is 5.75 Å². The van der Waals surface area contributed by atoms with E-state index in [0.717, 1.165) is 0 Å². The lowest BCUT2D eigenvalue weighted by Crippen LogP contribution is -2.62. The summed E-state index contributed by atoms with van der Waals surface area (Å²) in [5.74, 6) is -8.19. The molecule has 3 unspecified atom stereocenters. The van der Waals surface area contributed by atoms with Gasteiger partial charge in [-0.25, -0.2) is 4.79 Å². The third kappa shape index (κ3) is 14.9. The van der Waals surface area contributed by atoms with Crippen molar-refractivity contribution in [2.45, 2.75) is 168 Å². The van der Waals surface area contributed by atoms with Gasteiger partial charge in [-0.05, 0) is 74.5 Å². The fourth-order valence-electron chi connectivity index (χ4n) is 7.97. The van der Waals surface area contributed by atoms with E-state index in [1.807, 2.05) is 20.8 Å². The van der Waals surface area contributed by atoms with E-state index in [-0.39, 0.29) is 50.3 Å². The summed E-state index contributed by atoms with van der Waals surface area (Å²) in [4.78, 5) is 129. The molecule has 0 bridgehead atoms. The molecule has 8 amide bonds. The molecule has 0 aliphatic carbocycles. The summed E-state index contributed by atoms with van der Waals surface area (Å²) in [6.45, 7) is 15.8.